The Hall–Kier alpha value is -1.37. The van der Waals surface area contributed by atoms with Gasteiger partial charge in [-0.05, 0) is 24.3 Å². The van der Waals surface area contributed by atoms with Gasteiger partial charge in [0.2, 0.25) is 0 Å². The lowest BCUT2D eigenvalue weighted by molar-refractivity contribution is 0.439. The Morgan fingerprint density at radius 1 is 0.938 bits per heavy atom. The van der Waals surface area contributed by atoms with E-state index < -0.39 is 0 Å². The van der Waals surface area contributed by atoms with E-state index in [9.17, 15) is 0 Å². The summed E-state index contributed by atoms with van der Waals surface area (Å²) in [5, 5.41) is 2.69. The molecule has 1 fully saturated rings. The smallest absolute Gasteiger partial charge is 0.0512 e. The summed E-state index contributed by atoms with van der Waals surface area (Å²) in [5.74, 6) is 0.694. The van der Waals surface area contributed by atoms with Crippen LogP contribution in [-0.4, -0.2) is 4.98 Å². The van der Waals surface area contributed by atoms with Crippen molar-refractivity contribution in [3.63, 3.8) is 0 Å². The Balaban J connectivity index is 2.08. The summed E-state index contributed by atoms with van der Waals surface area (Å²) in [6.07, 6.45) is 8.75. The minimum absolute atomic E-state index is 0.694. The molecule has 0 saturated heterocycles. The van der Waals surface area contributed by atoms with E-state index in [1.54, 1.807) is 0 Å². The topological polar surface area (TPSA) is 12.9 Å². The van der Waals surface area contributed by atoms with Crippen LogP contribution in [0.3, 0.4) is 0 Å². The number of rotatable bonds is 1. The van der Waals surface area contributed by atoms with Crippen molar-refractivity contribution in [1.29, 1.82) is 0 Å². The van der Waals surface area contributed by atoms with Crippen molar-refractivity contribution in [3.8, 4) is 0 Å². The van der Waals surface area contributed by atoms with Crippen LogP contribution >= 0.6 is 0 Å². The predicted molar refractivity (Wildman–Crippen MR) is 67.6 cm³/mol. The molecule has 1 aliphatic rings. The normalized spacial score (nSPS) is 17.8. The summed E-state index contributed by atoms with van der Waals surface area (Å²) in [6, 6.07) is 10.7. The zero-order chi connectivity index (χ0) is 10.8. The molecule has 1 aromatic heterocycles. The van der Waals surface area contributed by atoms with Crippen LogP contribution in [0.1, 0.15) is 43.7 Å². The predicted octanol–water partition coefficient (Wildman–Crippen LogP) is 4.28. The zero-order valence-corrected chi connectivity index (χ0v) is 9.52. The summed E-state index contributed by atoms with van der Waals surface area (Å²) in [6.45, 7) is 0. The van der Waals surface area contributed by atoms with E-state index in [2.05, 4.69) is 35.3 Å². The van der Waals surface area contributed by atoms with Gasteiger partial charge in [0.05, 0.1) is 5.69 Å². The van der Waals surface area contributed by atoms with Gasteiger partial charge >= 0.3 is 0 Å². The third-order valence-electron chi connectivity index (χ3n) is 3.70. The molecule has 1 aromatic carbocycles. The summed E-state index contributed by atoms with van der Waals surface area (Å²) in [5.41, 5.74) is 1.33. The Kier molecular flexibility index (Phi) is 2.61. The maximum atomic E-state index is 4.63. The van der Waals surface area contributed by atoms with Gasteiger partial charge in [0.25, 0.3) is 0 Å². The maximum absolute atomic E-state index is 4.63. The van der Waals surface area contributed by atoms with Gasteiger partial charge in [-0.25, -0.2) is 0 Å². The lowest BCUT2D eigenvalue weighted by atomic mass is 9.85. The van der Waals surface area contributed by atoms with Crippen LogP contribution in [-0.2, 0) is 0 Å². The molecule has 1 heterocycles. The van der Waals surface area contributed by atoms with Gasteiger partial charge in [-0.1, -0.05) is 43.5 Å². The van der Waals surface area contributed by atoms with Gasteiger partial charge in [-0.15, -0.1) is 0 Å². The Morgan fingerprint density at radius 2 is 1.75 bits per heavy atom. The highest BCUT2D eigenvalue weighted by atomic mass is 14.7. The lowest BCUT2D eigenvalue weighted by Crippen LogP contribution is -2.06. The fourth-order valence-corrected chi connectivity index (χ4v) is 2.84. The highest BCUT2D eigenvalue weighted by molar-refractivity contribution is 5.84. The number of aromatic nitrogens is 1. The second-order valence-corrected chi connectivity index (χ2v) is 4.75. The summed E-state index contributed by atoms with van der Waals surface area (Å²) in [4.78, 5) is 4.63. The molecule has 0 amide bonds. The molecule has 82 valence electrons. The van der Waals surface area contributed by atoms with Crippen LogP contribution in [0.2, 0.25) is 0 Å². The Labute approximate surface area is 96.5 Å². The lowest BCUT2D eigenvalue weighted by Gasteiger charge is -2.22. The average Bonchev–Trinajstić information content (AvgIpc) is 2.39. The van der Waals surface area contributed by atoms with Crippen LogP contribution in [0.4, 0.5) is 0 Å². The molecule has 1 nitrogen and oxygen atoms in total. The quantitative estimate of drug-likeness (QED) is 0.686. The van der Waals surface area contributed by atoms with E-state index in [-0.39, 0.29) is 0 Å². The molecule has 1 saturated carbocycles. The third-order valence-corrected chi connectivity index (χ3v) is 3.70. The van der Waals surface area contributed by atoms with E-state index in [4.69, 9.17) is 0 Å². The number of benzene rings is 1. The van der Waals surface area contributed by atoms with Crippen LogP contribution in [0.25, 0.3) is 10.8 Å². The second-order valence-electron chi connectivity index (χ2n) is 4.75. The van der Waals surface area contributed by atoms with Gasteiger partial charge in [-0.3, -0.25) is 4.98 Å². The first-order valence-electron chi connectivity index (χ1n) is 6.29. The highest BCUT2D eigenvalue weighted by Crippen LogP contribution is 2.34. The second kappa shape index (κ2) is 4.25. The molecule has 0 unspecified atom stereocenters. The van der Waals surface area contributed by atoms with E-state index in [1.807, 2.05) is 6.20 Å². The molecule has 0 spiro atoms. The van der Waals surface area contributed by atoms with Gasteiger partial charge in [0.15, 0.2) is 0 Å². The van der Waals surface area contributed by atoms with Crippen LogP contribution in [0.15, 0.2) is 36.5 Å². The molecule has 0 bridgehead atoms. The van der Waals surface area contributed by atoms with E-state index in [0.29, 0.717) is 5.92 Å². The van der Waals surface area contributed by atoms with Gasteiger partial charge < -0.3 is 0 Å². The van der Waals surface area contributed by atoms with Crippen molar-refractivity contribution in [3.05, 3.63) is 42.2 Å². The number of fused-ring (bicyclic) bond motifs is 1. The summed E-state index contributed by atoms with van der Waals surface area (Å²) >= 11 is 0. The third kappa shape index (κ3) is 1.71. The Bertz CT molecular complexity index is 478. The van der Waals surface area contributed by atoms with Crippen molar-refractivity contribution >= 4 is 10.8 Å². The summed E-state index contributed by atoms with van der Waals surface area (Å²) in [7, 11) is 0. The summed E-state index contributed by atoms with van der Waals surface area (Å²) < 4.78 is 0. The minimum atomic E-state index is 0.694. The van der Waals surface area contributed by atoms with Crippen molar-refractivity contribution in [1.82, 2.24) is 4.98 Å². The first-order chi connectivity index (χ1) is 7.95. The first-order valence-corrected chi connectivity index (χ1v) is 6.29. The maximum Gasteiger partial charge on any atom is 0.0512 e. The Morgan fingerprint density at radius 3 is 2.62 bits per heavy atom. The standard InChI is InChI=1S/C15H17N/c1-2-7-13(8-3-1)15-14-9-5-4-6-12(14)10-11-16-15/h4-6,9-11,13H,1-3,7-8H2. The fourth-order valence-electron chi connectivity index (χ4n) is 2.84. The van der Waals surface area contributed by atoms with Crippen LogP contribution in [0.5, 0.6) is 0 Å². The van der Waals surface area contributed by atoms with E-state index in [1.165, 1.54) is 48.6 Å². The molecule has 0 aliphatic heterocycles. The van der Waals surface area contributed by atoms with Crippen LogP contribution in [0, 0.1) is 0 Å². The number of nitrogens with zero attached hydrogens (tertiary/aromatic N) is 1. The largest absolute Gasteiger partial charge is 0.260 e. The van der Waals surface area contributed by atoms with Crippen molar-refractivity contribution in [2.75, 3.05) is 0 Å². The minimum Gasteiger partial charge on any atom is -0.260 e. The molecular weight excluding hydrogens is 194 g/mol. The molecular formula is C15H17N. The van der Waals surface area contributed by atoms with Gasteiger partial charge in [0.1, 0.15) is 0 Å². The number of pyridine rings is 1. The van der Waals surface area contributed by atoms with Gasteiger partial charge in [-0.2, -0.15) is 0 Å². The molecule has 1 heteroatoms. The molecule has 3 rings (SSSR count). The first kappa shape index (κ1) is 9.83. The zero-order valence-electron chi connectivity index (χ0n) is 9.52. The molecule has 0 N–H and O–H groups in total. The average molecular weight is 211 g/mol. The highest BCUT2D eigenvalue weighted by Gasteiger charge is 2.18. The van der Waals surface area contributed by atoms with E-state index >= 15 is 0 Å². The van der Waals surface area contributed by atoms with Crippen molar-refractivity contribution < 1.29 is 0 Å². The number of hydrogen-bond donors (Lipinski definition) is 0. The van der Waals surface area contributed by atoms with Gasteiger partial charge in [0, 0.05) is 17.5 Å². The van der Waals surface area contributed by atoms with E-state index in [0.717, 1.165) is 0 Å². The van der Waals surface area contributed by atoms with Crippen molar-refractivity contribution in [2.45, 2.75) is 38.0 Å². The molecule has 0 atom stereocenters. The monoisotopic (exact) mass is 211 g/mol. The van der Waals surface area contributed by atoms with Crippen LogP contribution < -0.4 is 0 Å². The fraction of sp³-hybridized carbons (Fsp3) is 0.400. The molecule has 0 radical (unpaired) electrons. The molecule has 2 aromatic rings. The number of hydrogen-bond acceptors (Lipinski definition) is 1. The van der Waals surface area contributed by atoms with Crippen molar-refractivity contribution in [2.24, 2.45) is 0 Å². The molecule has 16 heavy (non-hydrogen) atoms. The molecule has 1 aliphatic carbocycles. The SMILES string of the molecule is c1ccc2c(C3CCCCC3)nccc2c1.